The van der Waals surface area contributed by atoms with Crippen molar-refractivity contribution in [1.82, 2.24) is 0 Å². The van der Waals surface area contributed by atoms with Crippen molar-refractivity contribution >= 4 is 22.7 Å². The van der Waals surface area contributed by atoms with E-state index in [0.717, 1.165) is 30.2 Å². The van der Waals surface area contributed by atoms with Crippen LogP contribution < -0.4 is 0 Å². The SMILES string of the molecule is CC[Si](C#CC[Si](C)(C)C)(CC)OC(CC=O)c1ccco1. The fourth-order valence-electron chi connectivity index (χ4n) is 2.15. The number of hydrogen-bond donors (Lipinski definition) is 0. The van der Waals surface area contributed by atoms with Crippen LogP contribution in [0.5, 0.6) is 0 Å². The van der Waals surface area contributed by atoms with E-state index in [0.29, 0.717) is 6.42 Å². The Hall–Kier alpha value is -1.10. The summed E-state index contributed by atoms with van der Waals surface area (Å²) in [4.78, 5) is 11.0. The second kappa shape index (κ2) is 8.51. The van der Waals surface area contributed by atoms with Crippen molar-refractivity contribution in [3.05, 3.63) is 24.2 Å². The normalized spacial score (nSPS) is 13.3. The van der Waals surface area contributed by atoms with Crippen LogP contribution in [-0.2, 0) is 9.22 Å². The largest absolute Gasteiger partial charge is 0.467 e. The minimum atomic E-state index is -2.16. The van der Waals surface area contributed by atoms with Crippen LogP contribution in [0.3, 0.4) is 0 Å². The van der Waals surface area contributed by atoms with Crippen LogP contribution >= 0.6 is 0 Å². The van der Waals surface area contributed by atoms with Crippen molar-refractivity contribution in [2.75, 3.05) is 0 Å². The maximum absolute atomic E-state index is 11.0. The Kier molecular flexibility index (Phi) is 7.33. The highest BCUT2D eigenvalue weighted by Crippen LogP contribution is 2.29. The zero-order valence-electron chi connectivity index (χ0n) is 14.4. The second-order valence-electron chi connectivity index (χ2n) is 6.76. The van der Waals surface area contributed by atoms with Crippen molar-refractivity contribution in [3.8, 4) is 11.5 Å². The lowest BCUT2D eigenvalue weighted by molar-refractivity contribution is -0.109. The van der Waals surface area contributed by atoms with E-state index in [-0.39, 0.29) is 6.10 Å². The van der Waals surface area contributed by atoms with Gasteiger partial charge in [0.05, 0.1) is 14.3 Å². The van der Waals surface area contributed by atoms with Gasteiger partial charge in [0.2, 0.25) is 0 Å². The number of furan rings is 1. The molecule has 5 heteroatoms. The molecule has 0 aliphatic rings. The number of hydrogen-bond acceptors (Lipinski definition) is 3. The molecule has 1 aromatic heterocycles. The average Bonchev–Trinajstić information content (AvgIpc) is 2.98. The molecule has 122 valence electrons. The van der Waals surface area contributed by atoms with Crippen LogP contribution in [0.1, 0.15) is 32.1 Å². The van der Waals surface area contributed by atoms with E-state index in [2.05, 4.69) is 45.0 Å². The third-order valence-corrected chi connectivity index (χ3v) is 8.51. The first-order valence-electron chi connectivity index (χ1n) is 8.00. The molecule has 1 atom stereocenters. The summed E-state index contributed by atoms with van der Waals surface area (Å²) in [6.45, 7) is 11.2. The summed E-state index contributed by atoms with van der Waals surface area (Å²) in [5, 5.41) is 0. The van der Waals surface area contributed by atoms with Gasteiger partial charge < -0.3 is 13.6 Å². The number of carbonyl (C=O) groups is 1. The summed E-state index contributed by atoms with van der Waals surface area (Å²) in [5.41, 5.74) is 3.48. The molecule has 1 aromatic rings. The predicted octanol–water partition coefficient (Wildman–Crippen LogP) is 4.79. The summed E-state index contributed by atoms with van der Waals surface area (Å²) in [5.74, 6) is 4.11. The molecule has 0 radical (unpaired) electrons. The number of carbonyl (C=O) groups excluding carboxylic acids is 1. The first kappa shape index (κ1) is 19.0. The minimum Gasteiger partial charge on any atom is -0.467 e. The van der Waals surface area contributed by atoms with Crippen LogP contribution in [-0.4, -0.2) is 22.7 Å². The first-order chi connectivity index (χ1) is 10.4. The minimum absolute atomic E-state index is 0.305. The van der Waals surface area contributed by atoms with Crippen molar-refractivity contribution in [2.24, 2.45) is 0 Å². The smallest absolute Gasteiger partial charge is 0.272 e. The maximum Gasteiger partial charge on any atom is 0.272 e. The van der Waals surface area contributed by atoms with Gasteiger partial charge in [-0.05, 0) is 24.2 Å². The highest BCUT2D eigenvalue weighted by molar-refractivity contribution is 6.82. The topological polar surface area (TPSA) is 39.4 Å². The summed E-state index contributed by atoms with van der Waals surface area (Å²) >= 11 is 0. The van der Waals surface area contributed by atoms with Gasteiger partial charge in [0.25, 0.3) is 8.32 Å². The Balaban J connectivity index is 2.94. The molecular formula is C17H28O3Si2. The van der Waals surface area contributed by atoms with Crippen LogP contribution in [0.4, 0.5) is 0 Å². The van der Waals surface area contributed by atoms with Gasteiger partial charge in [-0.2, -0.15) is 0 Å². The molecule has 0 fully saturated rings. The zero-order chi connectivity index (χ0) is 16.6. The Morgan fingerprint density at radius 1 is 1.32 bits per heavy atom. The monoisotopic (exact) mass is 336 g/mol. The van der Waals surface area contributed by atoms with Gasteiger partial charge in [0.1, 0.15) is 18.2 Å². The Bertz CT molecular complexity index is 502. The van der Waals surface area contributed by atoms with E-state index in [1.807, 2.05) is 12.1 Å². The summed E-state index contributed by atoms with van der Waals surface area (Å²) in [6, 6.07) is 6.55. The van der Waals surface area contributed by atoms with Gasteiger partial charge in [-0.3, -0.25) is 0 Å². The molecule has 22 heavy (non-hydrogen) atoms. The third kappa shape index (κ3) is 5.95. The molecule has 0 aliphatic heterocycles. The summed E-state index contributed by atoms with van der Waals surface area (Å²) < 4.78 is 11.8. The molecule has 1 heterocycles. The van der Waals surface area contributed by atoms with Crippen molar-refractivity contribution in [3.63, 3.8) is 0 Å². The molecule has 3 nitrogen and oxygen atoms in total. The zero-order valence-corrected chi connectivity index (χ0v) is 16.4. The van der Waals surface area contributed by atoms with E-state index >= 15 is 0 Å². The van der Waals surface area contributed by atoms with Crippen LogP contribution in [0, 0.1) is 11.5 Å². The fraction of sp³-hybridized carbons (Fsp3) is 0.588. The van der Waals surface area contributed by atoms with Gasteiger partial charge in [-0.25, -0.2) is 0 Å². The second-order valence-corrected chi connectivity index (χ2v) is 16.1. The molecule has 0 amide bonds. The fourth-order valence-corrected chi connectivity index (χ4v) is 5.36. The summed E-state index contributed by atoms with van der Waals surface area (Å²) in [7, 11) is -3.33. The van der Waals surface area contributed by atoms with Crippen LogP contribution in [0.25, 0.3) is 0 Å². The van der Waals surface area contributed by atoms with E-state index < -0.39 is 16.4 Å². The molecule has 0 N–H and O–H groups in total. The standard InChI is InChI=1S/C17H28O3Si2/c1-6-22(7-2,15-9-14-21(3,4)5)20-17(11-12-18)16-10-8-13-19-16/h8,10,12-13,17H,6-7,11,14H2,1-5H3. The van der Waals surface area contributed by atoms with E-state index in [1.54, 1.807) is 6.26 Å². The Morgan fingerprint density at radius 3 is 2.45 bits per heavy atom. The Labute approximate surface area is 136 Å². The quantitative estimate of drug-likeness (QED) is 0.389. The van der Waals surface area contributed by atoms with E-state index in [4.69, 9.17) is 8.84 Å². The maximum atomic E-state index is 11.0. The molecule has 0 saturated heterocycles. The molecule has 0 saturated carbocycles. The molecule has 0 spiro atoms. The molecule has 1 rings (SSSR count). The van der Waals surface area contributed by atoms with Gasteiger partial charge in [0.15, 0.2) is 0 Å². The first-order valence-corrected chi connectivity index (χ1v) is 14.0. The predicted molar refractivity (Wildman–Crippen MR) is 95.9 cm³/mol. The molecule has 0 aliphatic carbocycles. The van der Waals surface area contributed by atoms with Crippen LogP contribution in [0.2, 0.25) is 37.8 Å². The highest BCUT2D eigenvalue weighted by atomic mass is 28.4. The molecule has 0 aromatic carbocycles. The van der Waals surface area contributed by atoms with Crippen molar-refractivity contribution < 1.29 is 13.6 Å². The molecule has 1 unspecified atom stereocenters. The lowest BCUT2D eigenvalue weighted by Crippen LogP contribution is -2.37. The highest BCUT2D eigenvalue weighted by Gasteiger charge is 2.34. The van der Waals surface area contributed by atoms with Gasteiger partial charge >= 0.3 is 0 Å². The number of rotatable bonds is 8. The van der Waals surface area contributed by atoms with Crippen molar-refractivity contribution in [1.29, 1.82) is 0 Å². The number of aldehydes is 1. The third-order valence-electron chi connectivity index (χ3n) is 3.62. The van der Waals surface area contributed by atoms with Gasteiger partial charge in [-0.15, -0.1) is 5.92 Å². The molecule has 0 bridgehead atoms. The van der Waals surface area contributed by atoms with Crippen LogP contribution in [0.15, 0.2) is 22.8 Å². The van der Waals surface area contributed by atoms with Gasteiger partial charge in [0, 0.05) is 12.5 Å². The van der Waals surface area contributed by atoms with Gasteiger partial charge in [-0.1, -0.05) is 39.0 Å². The molecular weight excluding hydrogens is 308 g/mol. The summed E-state index contributed by atoms with van der Waals surface area (Å²) in [6.07, 6.45) is 2.53. The van der Waals surface area contributed by atoms with E-state index in [9.17, 15) is 4.79 Å². The lowest BCUT2D eigenvalue weighted by atomic mass is 10.2. The average molecular weight is 337 g/mol. The van der Waals surface area contributed by atoms with E-state index in [1.165, 1.54) is 0 Å². The lowest BCUT2D eigenvalue weighted by Gasteiger charge is -2.28. The van der Waals surface area contributed by atoms with Crippen molar-refractivity contribution in [2.45, 2.75) is 64.1 Å². The Morgan fingerprint density at radius 2 is 2.00 bits per heavy atom.